The largest absolute Gasteiger partial charge is 0.550 e. The van der Waals surface area contributed by atoms with Gasteiger partial charge in [0.05, 0.1) is 12.1 Å². The van der Waals surface area contributed by atoms with Gasteiger partial charge in [-0.2, -0.15) is 0 Å². The van der Waals surface area contributed by atoms with Crippen LogP contribution in [0.2, 0.25) is 0 Å². The van der Waals surface area contributed by atoms with Crippen molar-refractivity contribution in [3.8, 4) is 17.1 Å². The van der Waals surface area contributed by atoms with Crippen LogP contribution in [0.4, 0.5) is 14.6 Å². The maximum absolute atomic E-state index is 13.4. The zero-order valence-electron chi connectivity index (χ0n) is 16.8. The molecule has 1 fully saturated rings. The van der Waals surface area contributed by atoms with Crippen molar-refractivity contribution in [2.75, 3.05) is 18.1 Å². The van der Waals surface area contributed by atoms with Gasteiger partial charge in [0.2, 0.25) is 0 Å². The fourth-order valence-corrected chi connectivity index (χ4v) is 3.59. The van der Waals surface area contributed by atoms with Gasteiger partial charge >= 0.3 is 0 Å². The first-order valence-corrected chi connectivity index (χ1v) is 9.28. The van der Waals surface area contributed by atoms with Gasteiger partial charge in [0.15, 0.2) is 11.7 Å². The van der Waals surface area contributed by atoms with Gasteiger partial charge in [0.1, 0.15) is 30.8 Å². The number of benzene rings is 1. The number of carboxylic acid groups (broad SMARTS) is 1. The van der Waals surface area contributed by atoms with Crippen LogP contribution >= 0.6 is 0 Å². The minimum absolute atomic E-state index is 0. The monoisotopic (exact) mass is 422 g/mol. The van der Waals surface area contributed by atoms with Gasteiger partial charge in [-0.1, -0.05) is 13.0 Å². The Morgan fingerprint density at radius 1 is 1.40 bits per heavy atom. The van der Waals surface area contributed by atoms with E-state index in [2.05, 4.69) is 11.6 Å². The first-order chi connectivity index (χ1) is 13.8. The minimum Gasteiger partial charge on any atom is -0.550 e. The van der Waals surface area contributed by atoms with Crippen molar-refractivity contribution in [3.63, 3.8) is 0 Å². The molecule has 30 heavy (non-hydrogen) atoms. The van der Waals surface area contributed by atoms with E-state index in [-0.39, 0.29) is 18.6 Å². The smallest absolute Gasteiger partial charge is 0.262 e. The second-order valence-electron chi connectivity index (χ2n) is 7.20. The summed E-state index contributed by atoms with van der Waals surface area (Å²) in [6, 6.07) is 4.27. The molecular formula is C20H24F2N4O4. The van der Waals surface area contributed by atoms with E-state index < -0.39 is 24.4 Å². The molecule has 1 aromatic carbocycles. The highest BCUT2D eigenvalue weighted by molar-refractivity contribution is 5.70. The van der Waals surface area contributed by atoms with Crippen molar-refractivity contribution in [1.82, 2.24) is 15.7 Å². The average molecular weight is 422 g/mol. The molecule has 2 aliphatic heterocycles. The predicted molar refractivity (Wildman–Crippen MR) is 104 cm³/mol. The lowest BCUT2D eigenvalue weighted by atomic mass is 9.99. The van der Waals surface area contributed by atoms with Gasteiger partial charge in [0.25, 0.3) is 6.43 Å². The SMILES string of the molecule is C=C1OC[C@@H](C(F)F)N1c1cn2c(n1)-c1ccc(C[C@@H](C)C(=O)[O-])cc1OCC2.[NH4+]. The van der Waals surface area contributed by atoms with E-state index in [9.17, 15) is 18.7 Å². The molecule has 0 bridgehead atoms. The molecule has 0 spiro atoms. The van der Waals surface area contributed by atoms with E-state index in [0.717, 1.165) is 5.56 Å². The summed E-state index contributed by atoms with van der Waals surface area (Å²) >= 11 is 0. The standard InChI is InChI=1S/C20H21F2N3O4.H3N/c1-11(20(26)27)7-13-3-4-14-16(8-13)28-6-5-24-9-17(23-19(14)24)25-12(2)29-10-15(25)18(21)22;/h3-4,8-9,11,15,18H,2,5-7,10H2,1H3,(H,26,27);1H3/t11-,15+;/m1./s1. The average Bonchev–Trinajstić information content (AvgIpc) is 3.21. The molecule has 0 unspecified atom stereocenters. The van der Waals surface area contributed by atoms with Crippen LogP contribution in [0.15, 0.2) is 36.9 Å². The first-order valence-electron chi connectivity index (χ1n) is 9.28. The van der Waals surface area contributed by atoms with Crippen LogP contribution in [0.5, 0.6) is 5.75 Å². The Balaban J connectivity index is 0.00000256. The summed E-state index contributed by atoms with van der Waals surface area (Å²) in [5.41, 5.74) is 1.51. The van der Waals surface area contributed by atoms with E-state index in [1.807, 2.05) is 10.6 Å². The van der Waals surface area contributed by atoms with Crippen LogP contribution in [0, 0.1) is 5.92 Å². The van der Waals surface area contributed by atoms with Gasteiger partial charge in [-0.05, 0) is 36.6 Å². The molecule has 0 aliphatic carbocycles. The number of halogens is 2. The number of anilines is 1. The van der Waals surface area contributed by atoms with E-state index in [4.69, 9.17) is 9.47 Å². The zero-order valence-corrected chi connectivity index (χ0v) is 16.8. The van der Waals surface area contributed by atoms with Crippen molar-refractivity contribution in [1.29, 1.82) is 0 Å². The molecule has 162 valence electrons. The van der Waals surface area contributed by atoms with Crippen LogP contribution in [-0.4, -0.2) is 41.2 Å². The second kappa shape index (κ2) is 8.31. The van der Waals surface area contributed by atoms with Crippen molar-refractivity contribution < 1.29 is 28.2 Å². The van der Waals surface area contributed by atoms with Crippen LogP contribution in [0.25, 0.3) is 11.4 Å². The van der Waals surface area contributed by atoms with Gasteiger partial charge in [-0.3, -0.25) is 4.90 Å². The Morgan fingerprint density at radius 3 is 2.87 bits per heavy atom. The van der Waals surface area contributed by atoms with Crippen LogP contribution in [0.3, 0.4) is 0 Å². The maximum atomic E-state index is 13.4. The molecule has 0 saturated carbocycles. The molecule has 3 heterocycles. The quantitative estimate of drug-likeness (QED) is 0.790. The lowest BCUT2D eigenvalue weighted by molar-refractivity contribution is -0.310. The predicted octanol–water partition coefficient (Wildman–Crippen LogP) is 2.19. The number of imidazole rings is 1. The summed E-state index contributed by atoms with van der Waals surface area (Å²) in [6.45, 7) is 6.01. The summed E-state index contributed by atoms with van der Waals surface area (Å²) in [5.74, 6) is -0.0879. The number of aromatic nitrogens is 2. The van der Waals surface area contributed by atoms with Crippen molar-refractivity contribution in [3.05, 3.63) is 42.4 Å². The number of nitrogens with zero attached hydrogens (tertiary/aromatic N) is 3. The lowest BCUT2D eigenvalue weighted by Crippen LogP contribution is -2.36. The third kappa shape index (κ3) is 3.82. The third-order valence-electron chi connectivity index (χ3n) is 5.14. The molecule has 0 amide bonds. The highest BCUT2D eigenvalue weighted by Gasteiger charge is 2.38. The number of hydrogen-bond acceptors (Lipinski definition) is 6. The van der Waals surface area contributed by atoms with Gasteiger partial charge < -0.3 is 30.1 Å². The van der Waals surface area contributed by atoms with E-state index in [1.165, 1.54) is 4.90 Å². The summed E-state index contributed by atoms with van der Waals surface area (Å²) < 4.78 is 39.6. The number of alkyl halides is 2. The molecule has 4 N–H and O–H groups in total. The van der Waals surface area contributed by atoms with E-state index in [1.54, 1.807) is 25.3 Å². The second-order valence-corrected chi connectivity index (χ2v) is 7.20. The number of carboxylic acids is 1. The topological polar surface area (TPSA) is 116 Å². The fraction of sp³-hybridized carbons (Fsp3) is 0.400. The van der Waals surface area contributed by atoms with E-state index >= 15 is 0 Å². The van der Waals surface area contributed by atoms with Crippen LogP contribution in [0.1, 0.15) is 12.5 Å². The van der Waals surface area contributed by atoms with Gasteiger partial charge in [-0.25, -0.2) is 13.8 Å². The van der Waals surface area contributed by atoms with E-state index in [0.29, 0.717) is 42.5 Å². The highest BCUT2D eigenvalue weighted by Crippen LogP contribution is 2.37. The number of carbonyl (C=O) groups is 1. The Labute approximate surface area is 172 Å². The Hall–Kier alpha value is -3.14. The molecule has 0 radical (unpaired) electrons. The molecule has 2 aliphatic rings. The Bertz CT molecular complexity index is 962. The normalized spacial score (nSPS) is 18.6. The third-order valence-corrected chi connectivity index (χ3v) is 5.14. The van der Waals surface area contributed by atoms with Crippen LogP contribution < -0.4 is 20.9 Å². The van der Waals surface area contributed by atoms with Crippen molar-refractivity contribution in [2.24, 2.45) is 5.92 Å². The van der Waals surface area contributed by atoms with Crippen molar-refractivity contribution >= 4 is 11.8 Å². The summed E-state index contributed by atoms with van der Waals surface area (Å²) in [7, 11) is 0. The maximum Gasteiger partial charge on any atom is 0.262 e. The number of carbonyl (C=O) groups excluding carboxylic acids is 1. The molecule has 2 aromatic rings. The van der Waals surface area contributed by atoms with Crippen molar-refractivity contribution in [2.45, 2.75) is 32.4 Å². The number of fused-ring (bicyclic) bond motifs is 3. The molecule has 2 atom stereocenters. The number of ether oxygens (including phenoxy) is 2. The fourth-order valence-electron chi connectivity index (χ4n) is 3.59. The Morgan fingerprint density at radius 2 is 2.17 bits per heavy atom. The first kappa shape index (κ1) is 21.6. The summed E-state index contributed by atoms with van der Waals surface area (Å²) in [5, 5.41) is 11.0. The summed E-state index contributed by atoms with van der Waals surface area (Å²) in [6.07, 6.45) is -0.589. The molecule has 8 nitrogen and oxygen atoms in total. The number of quaternary nitrogens is 1. The molecule has 1 saturated heterocycles. The minimum atomic E-state index is -2.60. The summed E-state index contributed by atoms with van der Waals surface area (Å²) in [4.78, 5) is 16.9. The molecule has 4 rings (SSSR count). The van der Waals surface area contributed by atoms with Gasteiger partial charge in [-0.15, -0.1) is 0 Å². The molecule has 10 heteroatoms. The van der Waals surface area contributed by atoms with Crippen LogP contribution in [-0.2, 0) is 22.5 Å². The Kier molecular flexibility index (Phi) is 5.97. The zero-order chi connectivity index (χ0) is 20.7. The number of hydrogen-bond donors (Lipinski definition) is 1. The molecular weight excluding hydrogens is 398 g/mol. The number of rotatable bonds is 5. The molecule has 1 aromatic heterocycles. The number of aliphatic carboxylic acids is 1. The lowest BCUT2D eigenvalue weighted by Gasteiger charge is -2.20. The highest BCUT2D eigenvalue weighted by atomic mass is 19.3. The van der Waals surface area contributed by atoms with Gasteiger partial charge in [0, 0.05) is 12.2 Å².